The smallest absolute Gasteiger partial charge is 0.257 e. The summed E-state index contributed by atoms with van der Waals surface area (Å²) in [5.74, 6) is 1.55. The Hall–Kier alpha value is -1.89. The van der Waals surface area contributed by atoms with Crippen molar-refractivity contribution in [1.29, 1.82) is 0 Å². The minimum Gasteiger partial charge on any atom is -0.357 e. The maximum atomic E-state index is 5.86. The Balaban J connectivity index is 2.46. The maximum Gasteiger partial charge on any atom is 0.257 e. The van der Waals surface area contributed by atoms with Gasteiger partial charge in [0.15, 0.2) is 0 Å². The molecule has 2 heterocycles. The number of halogens is 1. The van der Waals surface area contributed by atoms with Crippen LogP contribution in [0.2, 0.25) is 5.02 Å². The van der Waals surface area contributed by atoms with Gasteiger partial charge in [-0.1, -0.05) is 11.6 Å². The third-order valence-corrected chi connectivity index (χ3v) is 2.83. The van der Waals surface area contributed by atoms with Gasteiger partial charge < -0.3 is 10.2 Å². The predicted molar refractivity (Wildman–Crippen MR) is 75.1 cm³/mol. The molecule has 0 aliphatic heterocycles. The lowest BCUT2D eigenvalue weighted by Gasteiger charge is -2.19. The van der Waals surface area contributed by atoms with Crippen LogP contribution in [0.3, 0.4) is 0 Å². The molecular weight excluding hydrogens is 266 g/mol. The normalized spacial score (nSPS) is 10.5. The molecule has 2 aromatic rings. The molecule has 0 amide bonds. The zero-order valence-corrected chi connectivity index (χ0v) is 11.9. The molecule has 2 aromatic heterocycles. The van der Waals surface area contributed by atoms with Gasteiger partial charge in [0.25, 0.3) is 5.95 Å². The molecule has 0 aliphatic rings. The standard InChI is InChI=1S/C11H16ClN7/c1-4-18(5-2)10-15-9(13-3)16-11(17-10)19-7-8(12)6-14-19/h6-7H,4-5H2,1-3H3,(H,13,15,16,17). The molecule has 0 spiro atoms. The number of hydrogen-bond acceptors (Lipinski definition) is 6. The van der Waals surface area contributed by atoms with Crippen LogP contribution in [0.5, 0.6) is 0 Å². The summed E-state index contributed by atoms with van der Waals surface area (Å²) in [4.78, 5) is 15.1. The molecule has 19 heavy (non-hydrogen) atoms. The van der Waals surface area contributed by atoms with E-state index in [-0.39, 0.29) is 0 Å². The van der Waals surface area contributed by atoms with Crippen LogP contribution in [0.1, 0.15) is 13.8 Å². The van der Waals surface area contributed by atoms with Gasteiger partial charge in [0.2, 0.25) is 11.9 Å². The monoisotopic (exact) mass is 281 g/mol. The highest BCUT2D eigenvalue weighted by Gasteiger charge is 2.12. The predicted octanol–water partition coefficient (Wildman–Crippen LogP) is 1.60. The average Bonchev–Trinajstić information content (AvgIpc) is 2.86. The van der Waals surface area contributed by atoms with E-state index >= 15 is 0 Å². The van der Waals surface area contributed by atoms with E-state index in [1.807, 2.05) is 4.90 Å². The number of nitrogens with one attached hydrogen (secondary N) is 1. The fourth-order valence-corrected chi connectivity index (χ4v) is 1.76. The Morgan fingerprint density at radius 2 is 2.00 bits per heavy atom. The summed E-state index contributed by atoms with van der Waals surface area (Å²) in [6.07, 6.45) is 3.20. The minimum absolute atomic E-state index is 0.438. The lowest BCUT2D eigenvalue weighted by Crippen LogP contribution is -2.25. The molecular formula is C11H16ClN7. The molecule has 0 saturated heterocycles. The molecule has 8 heteroatoms. The number of anilines is 2. The van der Waals surface area contributed by atoms with Crippen LogP contribution in [0.4, 0.5) is 11.9 Å². The molecule has 0 saturated carbocycles. The molecule has 0 radical (unpaired) electrons. The van der Waals surface area contributed by atoms with Crippen molar-refractivity contribution >= 4 is 23.5 Å². The highest BCUT2D eigenvalue weighted by atomic mass is 35.5. The number of aromatic nitrogens is 5. The van der Waals surface area contributed by atoms with Crippen LogP contribution < -0.4 is 10.2 Å². The van der Waals surface area contributed by atoms with Crippen molar-refractivity contribution in [2.45, 2.75) is 13.8 Å². The maximum absolute atomic E-state index is 5.86. The summed E-state index contributed by atoms with van der Waals surface area (Å²) in [5.41, 5.74) is 0. The molecule has 0 bridgehead atoms. The van der Waals surface area contributed by atoms with E-state index in [1.54, 1.807) is 19.4 Å². The number of nitrogens with zero attached hydrogens (tertiary/aromatic N) is 6. The summed E-state index contributed by atoms with van der Waals surface area (Å²) in [7, 11) is 1.77. The van der Waals surface area contributed by atoms with E-state index in [0.29, 0.717) is 22.9 Å². The Morgan fingerprint density at radius 3 is 2.53 bits per heavy atom. The minimum atomic E-state index is 0.438. The molecule has 2 rings (SSSR count). The van der Waals surface area contributed by atoms with Gasteiger partial charge in [0, 0.05) is 20.1 Å². The van der Waals surface area contributed by atoms with E-state index in [4.69, 9.17) is 11.6 Å². The molecule has 0 unspecified atom stereocenters. The largest absolute Gasteiger partial charge is 0.357 e. The van der Waals surface area contributed by atoms with Gasteiger partial charge >= 0.3 is 0 Å². The summed E-state index contributed by atoms with van der Waals surface area (Å²) in [6, 6.07) is 0. The zero-order valence-electron chi connectivity index (χ0n) is 11.1. The Morgan fingerprint density at radius 1 is 1.26 bits per heavy atom. The molecule has 102 valence electrons. The van der Waals surface area contributed by atoms with E-state index in [1.165, 1.54) is 4.68 Å². The van der Waals surface area contributed by atoms with Crippen LogP contribution in [0, 0.1) is 0 Å². The highest BCUT2D eigenvalue weighted by molar-refractivity contribution is 6.30. The Kier molecular flexibility index (Phi) is 4.16. The molecule has 0 aliphatic carbocycles. The van der Waals surface area contributed by atoms with Crippen LogP contribution in [-0.4, -0.2) is 44.9 Å². The SMILES string of the molecule is CCN(CC)c1nc(NC)nc(-n2cc(Cl)cn2)n1. The summed E-state index contributed by atoms with van der Waals surface area (Å²) >= 11 is 5.86. The Bertz CT molecular complexity index is 550. The number of hydrogen-bond donors (Lipinski definition) is 1. The highest BCUT2D eigenvalue weighted by Crippen LogP contribution is 2.14. The molecule has 7 nitrogen and oxygen atoms in total. The van der Waals surface area contributed by atoms with Gasteiger partial charge in [-0.15, -0.1) is 0 Å². The van der Waals surface area contributed by atoms with E-state index in [2.05, 4.69) is 39.2 Å². The summed E-state index contributed by atoms with van der Waals surface area (Å²) < 4.78 is 1.53. The van der Waals surface area contributed by atoms with Crippen molar-refractivity contribution in [3.8, 4) is 5.95 Å². The Labute approximate surface area is 116 Å². The quantitative estimate of drug-likeness (QED) is 0.897. The first-order valence-corrected chi connectivity index (χ1v) is 6.45. The van der Waals surface area contributed by atoms with Gasteiger partial charge in [-0.25, -0.2) is 4.68 Å². The van der Waals surface area contributed by atoms with Crippen LogP contribution in [0.25, 0.3) is 5.95 Å². The van der Waals surface area contributed by atoms with Crippen molar-refractivity contribution < 1.29 is 0 Å². The summed E-state index contributed by atoms with van der Waals surface area (Å²) in [6.45, 7) is 5.75. The first-order chi connectivity index (χ1) is 9.17. The fourth-order valence-electron chi connectivity index (χ4n) is 1.63. The van der Waals surface area contributed by atoms with Crippen LogP contribution >= 0.6 is 11.6 Å². The average molecular weight is 282 g/mol. The molecule has 1 N–H and O–H groups in total. The van der Waals surface area contributed by atoms with Crippen molar-refractivity contribution in [3.05, 3.63) is 17.4 Å². The van der Waals surface area contributed by atoms with Crippen LogP contribution in [-0.2, 0) is 0 Å². The third-order valence-electron chi connectivity index (χ3n) is 2.64. The van der Waals surface area contributed by atoms with Crippen molar-refractivity contribution in [1.82, 2.24) is 24.7 Å². The third kappa shape index (κ3) is 2.93. The van der Waals surface area contributed by atoms with Gasteiger partial charge in [0.1, 0.15) is 0 Å². The molecule has 0 aromatic carbocycles. The van der Waals surface area contributed by atoms with E-state index in [9.17, 15) is 0 Å². The van der Waals surface area contributed by atoms with Crippen molar-refractivity contribution in [2.24, 2.45) is 0 Å². The summed E-state index contributed by atoms with van der Waals surface area (Å²) in [5, 5.41) is 7.56. The second kappa shape index (κ2) is 5.83. The van der Waals surface area contributed by atoms with E-state index in [0.717, 1.165) is 13.1 Å². The van der Waals surface area contributed by atoms with Crippen LogP contribution in [0.15, 0.2) is 12.4 Å². The first-order valence-electron chi connectivity index (χ1n) is 6.07. The van der Waals surface area contributed by atoms with Crippen molar-refractivity contribution in [2.75, 3.05) is 30.4 Å². The van der Waals surface area contributed by atoms with Gasteiger partial charge in [0.05, 0.1) is 17.4 Å². The zero-order chi connectivity index (χ0) is 13.8. The topological polar surface area (TPSA) is 71.8 Å². The molecule has 0 atom stereocenters. The lowest BCUT2D eigenvalue weighted by atomic mass is 10.5. The first kappa shape index (κ1) is 13.5. The van der Waals surface area contributed by atoms with Gasteiger partial charge in [-0.2, -0.15) is 20.1 Å². The fraction of sp³-hybridized carbons (Fsp3) is 0.455. The second-order valence-corrected chi connectivity index (χ2v) is 4.22. The number of rotatable bonds is 5. The molecule has 0 fully saturated rings. The van der Waals surface area contributed by atoms with Crippen molar-refractivity contribution in [3.63, 3.8) is 0 Å². The lowest BCUT2D eigenvalue weighted by molar-refractivity contribution is 0.763. The van der Waals surface area contributed by atoms with Gasteiger partial charge in [-0.3, -0.25) is 0 Å². The van der Waals surface area contributed by atoms with Gasteiger partial charge in [-0.05, 0) is 13.8 Å². The second-order valence-electron chi connectivity index (χ2n) is 3.78. The van der Waals surface area contributed by atoms with E-state index < -0.39 is 0 Å².